The van der Waals surface area contributed by atoms with Gasteiger partial charge in [-0.25, -0.2) is 13.6 Å². The van der Waals surface area contributed by atoms with Crippen molar-refractivity contribution in [3.05, 3.63) is 71.4 Å². The number of hydrogen-bond donors (Lipinski definition) is 1. The topological polar surface area (TPSA) is 81.4 Å². The van der Waals surface area contributed by atoms with Crippen LogP contribution in [0.5, 0.6) is 0 Å². The van der Waals surface area contributed by atoms with E-state index in [0.717, 1.165) is 25.0 Å². The standard InChI is InChI=1S/C22H20F2N2O4/c1-2-3-10-29-22(28)14-4-7-16(8-5-14)25-21(27)13-17-12-20(30-26-17)18-9-6-15(23)11-19(18)24/h4-9,11-12H,2-3,10,13H2,1H3,(H,25,27). The first-order valence-electron chi connectivity index (χ1n) is 9.44. The van der Waals surface area contributed by atoms with Gasteiger partial charge in [-0.3, -0.25) is 4.79 Å². The molecule has 6 nitrogen and oxygen atoms in total. The molecule has 0 aliphatic carbocycles. The van der Waals surface area contributed by atoms with Crippen LogP contribution in [0.4, 0.5) is 14.5 Å². The number of nitrogens with zero attached hydrogens (tertiary/aromatic N) is 1. The molecule has 3 aromatic rings. The third-order valence-corrected chi connectivity index (χ3v) is 4.23. The van der Waals surface area contributed by atoms with E-state index < -0.39 is 17.6 Å². The fourth-order valence-corrected chi connectivity index (χ4v) is 2.66. The Morgan fingerprint density at radius 3 is 2.57 bits per heavy atom. The van der Waals surface area contributed by atoms with Crippen LogP contribution >= 0.6 is 0 Å². The molecule has 0 atom stereocenters. The number of amides is 1. The molecule has 0 aliphatic heterocycles. The maximum Gasteiger partial charge on any atom is 0.338 e. The van der Waals surface area contributed by atoms with Crippen molar-refractivity contribution in [1.82, 2.24) is 5.16 Å². The number of nitrogens with one attached hydrogen (secondary N) is 1. The summed E-state index contributed by atoms with van der Waals surface area (Å²) in [5.41, 5.74) is 1.24. The maximum atomic E-state index is 13.8. The fraction of sp³-hybridized carbons (Fsp3) is 0.227. The second kappa shape index (κ2) is 9.78. The molecule has 0 aliphatic rings. The molecule has 0 saturated heterocycles. The highest BCUT2D eigenvalue weighted by Crippen LogP contribution is 2.24. The van der Waals surface area contributed by atoms with Crippen LogP contribution in [0.25, 0.3) is 11.3 Å². The molecule has 1 heterocycles. The summed E-state index contributed by atoms with van der Waals surface area (Å²) in [7, 11) is 0. The molecule has 0 radical (unpaired) electrons. The van der Waals surface area contributed by atoms with Crippen molar-refractivity contribution in [2.24, 2.45) is 0 Å². The molecule has 0 bridgehead atoms. The molecule has 156 valence electrons. The number of hydrogen-bond acceptors (Lipinski definition) is 5. The first-order valence-corrected chi connectivity index (χ1v) is 9.44. The van der Waals surface area contributed by atoms with E-state index in [0.29, 0.717) is 23.6 Å². The maximum absolute atomic E-state index is 13.8. The summed E-state index contributed by atoms with van der Waals surface area (Å²) < 4.78 is 37.0. The molecule has 8 heteroatoms. The van der Waals surface area contributed by atoms with Gasteiger partial charge in [-0.15, -0.1) is 0 Å². The highest BCUT2D eigenvalue weighted by molar-refractivity contribution is 5.93. The Labute approximate surface area is 171 Å². The molecule has 0 spiro atoms. The number of ether oxygens (including phenoxy) is 1. The summed E-state index contributed by atoms with van der Waals surface area (Å²) in [6, 6.07) is 10.8. The Morgan fingerprint density at radius 2 is 1.87 bits per heavy atom. The summed E-state index contributed by atoms with van der Waals surface area (Å²) in [6.07, 6.45) is 1.63. The van der Waals surface area contributed by atoms with E-state index in [-0.39, 0.29) is 23.7 Å². The Bertz CT molecular complexity index is 1030. The van der Waals surface area contributed by atoms with Gasteiger partial charge in [0.1, 0.15) is 11.6 Å². The van der Waals surface area contributed by atoms with Crippen molar-refractivity contribution < 1.29 is 27.6 Å². The highest BCUT2D eigenvalue weighted by Gasteiger charge is 2.15. The number of carbonyl (C=O) groups is 2. The van der Waals surface area contributed by atoms with Gasteiger partial charge in [0, 0.05) is 17.8 Å². The van der Waals surface area contributed by atoms with E-state index in [1.807, 2.05) is 6.92 Å². The largest absolute Gasteiger partial charge is 0.462 e. The minimum absolute atomic E-state index is 0.0527. The molecular weight excluding hydrogens is 394 g/mol. The van der Waals surface area contributed by atoms with Crippen LogP contribution in [0.15, 0.2) is 53.1 Å². The van der Waals surface area contributed by atoms with Crippen molar-refractivity contribution in [2.75, 3.05) is 11.9 Å². The summed E-state index contributed by atoms with van der Waals surface area (Å²) in [5.74, 6) is -2.16. The Kier molecular flexibility index (Phi) is 6.90. The van der Waals surface area contributed by atoms with E-state index in [2.05, 4.69) is 10.5 Å². The van der Waals surface area contributed by atoms with E-state index >= 15 is 0 Å². The summed E-state index contributed by atoms with van der Waals surface area (Å²) >= 11 is 0. The Balaban J connectivity index is 1.57. The van der Waals surface area contributed by atoms with Crippen LogP contribution in [0.2, 0.25) is 0 Å². The van der Waals surface area contributed by atoms with E-state index in [9.17, 15) is 18.4 Å². The lowest BCUT2D eigenvalue weighted by molar-refractivity contribution is -0.115. The molecule has 0 fully saturated rings. The van der Waals surface area contributed by atoms with Gasteiger partial charge in [-0.2, -0.15) is 0 Å². The number of aromatic nitrogens is 1. The summed E-state index contributed by atoms with van der Waals surface area (Å²) in [6.45, 7) is 2.38. The molecule has 1 aromatic heterocycles. The molecule has 30 heavy (non-hydrogen) atoms. The van der Waals surface area contributed by atoms with Gasteiger partial charge in [0.05, 0.1) is 29.8 Å². The molecule has 2 aromatic carbocycles. The van der Waals surface area contributed by atoms with Gasteiger partial charge in [0.2, 0.25) is 5.91 Å². The number of anilines is 1. The summed E-state index contributed by atoms with van der Waals surface area (Å²) in [4.78, 5) is 24.1. The van der Waals surface area contributed by atoms with Crippen molar-refractivity contribution in [1.29, 1.82) is 0 Å². The Morgan fingerprint density at radius 1 is 1.10 bits per heavy atom. The fourth-order valence-electron chi connectivity index (χ4n) is 2.66. The third-order valence-electron chi connectivity index (χ3n) is 4.23. The zero-order chi connectivity index (χ0) is 21.5. The van der Waals surface area contributed by atoms with Gasteiger partial charge in [0.15, 0.2) is 5.76 Å². The normalized spacial score (nSPS) is 10.6. The van der Waals surface area contributed by atoms with E-state index in [1.54, 1.807) is 24.3 Å². The van der Waals surface area contributed by atoms with Gasteiger partial charge in [-0.1, -0.05) is 18.5 Å². The van der Waals surface area contributed by atoms with Crippen LogP contribution in [0.1, 0.15) is 35.8 Å². The van der Waals surface area contributed by atoms with Crippen LogP contribution in [-0.2, 0) is 16.0 Å². The predicted octanol–water partition coefficient (Wildman–Crippen LogP) is 4.76. The van der Waals surface area contributed by atoms with Gasteiger partial charge in [0.25, 0.3) is 0 Å². The third kappa shape index (κ3) is 5.50. The van der Waals surface area contributed by atoms with E-state index in [1.165, 1.54) is 12.1 Å². The second-order valence-corrected chi connectivity index (χ2v) is 6.60. The number of rotatable bonds is 8. The van der Waals surface area contributed by atoms with Crippen molar-refractivity contribution >= 4 is 17.6 Å². The molecule has 1 N–H and O–H groups in total. The first-order chi connectivity index (χ1) is 14.5. The SMILES string of the molecule is CCCCOC(=O)c1ccc(NC(=O)Cc2cc(-c3ccc(F)cc3F)on2)cc1. The quantitative estimate of drug-likeness (QED) is 0.425. The van der Waals surface area contributed by atoms with Gasteiger partial charge >= 0.3 is 5.97 Å². The zero-order valence-corrected chi connectivity index (χ0v) is 16.3. The van der Waals surface area contributed by atoms with Gasteiger partial charge in [-0.05, 0) is 42.8 Å². The van der Waals surface area contributed by atoms with Crippen LogP contribution in [0, 0.1) is 11.6 Å². The smallest absolute Gasteiger partial charge is 0.338 e. The first kappa shape index (κ1) is 21.2. The average molecular weight is 414 g/mol. The lowest BCUT2D eigenvalue weighted by Gasteiger charge is -2.06. The number of esters is 1. The molecule has 0 saturated carbocycles. The minimum Gasteiger partial charge on any atom is -0.462 e. The molecule has 1 amide bonds. The van der Waals surface area contributed by atoms with E-state index in [4.69, 9.17) is 9.26 Å². The zero-order valence-electron chi connectivity index (χ0n) is 16.3. The average Bonchev–Trinajstić information content (AvgIpc) is 3.16. The summed E-state index contributed by atoms with van der Waals surface area (Å²) in [5, 5.41) is 6.43. The lowest BCUT2D eigenvalue weighted by Crippen LogP contribution is -2.14. The number of halogens is 2. The minimum atomic E-state index is -0.782. The lowest BCUT2D eigenvalue weighted by atomic mass is 10.1. The number of benzene rings is 2. The molecule has 0 unspecified atom stereocenters. The van der Waals surface area contributed by atoms with Crippen LogP contribution in [0.3, 0.4) is 0 Å². The second-order valence-electron chi connectivity index (χ2n) is 6.60. The Hall–Kier alpha value is -3.55. The van der Waals surface area contributed by atoms with Gasteiger partial charge < -0.3 is 14.6 Å². The molecular formula is C22H20F2N2O4. The monoisotopic (exact) mass is 414 g/mol. The number of unbranched alkanes of at least 4 members (excludes halogenated alkanes) is 1. The predicted molar refractivity (Wildman–Crippen MR) is 106 cm³/mol. The number of carbonyl (C=O) groups excluding carboxylic acids is 2. The highest BCUT2D eigenvalue weighted by atomic mass is 19.1. The van der Waals surface area contributed by atoms with Crippen molar-refractivity contribution in [2.45, 2.75) is 26.2 Å². The van der Waals surface area contributed by atoms with Crippen LogP contribution < -0.4 is 5.32 Å². The van der Waals surface area contributed by atoms with Crippen LogP contribution in [-0.4, -0.2) is 23.6 Å². The van der Waals surface area contributed by atoms with Crippen molar-refractivity contribution in [3.63, 3.8) is 0 Å². The van der Waals surface area contributed by atoms with Crippen molar-refractivity contribution in [3.8, 4) is 11.3 Å². The molecule has 3 rings (SSSR count).